The fourth-order valence-corrected chi connectivity index (χ4v) is 2.24. The van der Waals surface area contributed by atoms with Crippen molar-refractivity contribution in [1.82, 2.24) is 19.4 Å². The number of amides is 1. The van der Waals surface area contributed by atoms with Crippen LogP contribution in [-0.4, -0.2) is 26.6 Å². The minimum Gasteiger partial charge on any atom is -0.397 e. The van der Waals surface area contributed by atoms with Crippen LogP contribution in [0.2, 0.25) is 0 Å². The third-order valence-corrected chi connectivity index (χ3v) is 3.35. The first-order chi connectivity index (χ1) is 10.1. The molecule has 21 heavy (non-hydrogen) atoms. The number of rotatable bonds is 7. The molecule has 2 aromatic heterocycles. The van der Waals surface area contributed by atoms with Gasteiger partial charge < -0.3 is 20.2 Å². The standard InChI is InChI=1S/C15H23N5O/c1-12(2)20-10-13(16)9-14(20)15(21)18-5-3-4-7-19-8-6-17-11-19/h6,8-12H,3-5,7,16H2,1-2H3,(H,18,21). The molecule has 0 spiro atoms. The quantitative estimate of drug-likeness (QED) is 0.766. The van der Waals surface area contributed by atoms with E-state index in [1.165, 1.54) is 0 Å². The number of carbonyl (C=O) groups is 1. The lowest BCUT2D eigenvalue weighted by Gasteiger charge is -2.12. The first-order valence-corrected chi connectivity index (χ1v) is 7.29. The summed E-state index contributed by atoms with van der Waals surface area (Å²) in [5, 5.41) is 2.95. The Labute approximate surface area is 125 Å². The van der Waals surface area contributed by atoms with Gasteiger partial charge in [-0.05, 0) is 32.8 Å². The normalized spacial score (nSPS) is 11.0. The van der Waals surface area contributed by atoms with Crippen molar-refractivity contribution in [2.45, 2.75) is 39.3 Å². The molecule has 3 N–H and O–H groups in total. The molecule has 0 aliphatic carbocycles. The van der Waals surface area contributed by atoms with Gasteiger partial charge in [-0.25, -0.2) is 4.98 Å². The summed E-state index contributed by atoms with van der Waals surface area (Å²) in [5.41, 5.74) is 7.02. The molecule has 2 heterocycles. The number of carbonyl (C=O) groups excluding carboxylic acids is 1. The number of aromatic nitrogens is 3. The molecule has 0 aromatic carbocycles. The number of aryl methyl sites for hydroxylation is 1. The van der Waals surface area contributed by atoms with Gasteiger partial charge in [-0.3, -0.25) is 4.79 Å². The molecule has 0 aliphatic rings. The van der Waals surface area contributed by atoms with Gasteiger partial charge in [0.05, 0.1) is 12.0 Å². The largest absolute Gasteiger partial charge is 0.397 e. The van der Waals surface area contributed by atoms with Gasteiger partial charge in [0.1, 0.15) is 5.69 Å². The van der Waals surface area contributed by atoms with Gasteiger partial charge in [0.15, 0.2) is 0 Å². The number of anilines is 1. The third kappa shape index (κ3) is 4.11. The molecule has 0 saturated carbocycles. The maximum Gasteiger partial charge on any atom is 0.267 e. The Balaban J connectivity index is 1.77. The number of nitrogens with one attached hydrogen (secondary N) is 1. The van der Waals surface area contributed by atoms with E-state index in [-0.39, 0.29) is 11.9 Å². The SMILES string of the molecule is CC(C)n1cc(N)cc1C(=O)NCCCCn1ccnc1. The lowest BCUT2D eigenvalue weighted by molar-refractivity contribution is 0.0942. The van der Waals surface area contributed by atoms with Gasteiger partial charge in [0.2, 0.25) is 0 Å². The molecule has 0 unspecified atom stereocenters. The van der Waals surface area contributed by atoms with Crippen molar-refractivity contribution in [2.75, 3.05) is 12.3 Å². The first kappa shape index (κ1) is 15.2. The molecule has 0 fully saturated rings. The van der Waals surface area contributed by atoms with Crippen molar-refractivity contribution in [2.24, 2.45) is 0 Å². The second-order valence-corrected chi connectivity index (χ2v) is 5.42. The van der Waals surface area contributed by atoms with Crippen LogP contribution in [0.4, 0.5) is 5.69 Å². The minimum atomic E-state index is -0.0666. The van der Waals surface area contributed by atoms with E-state index in [1.807, 2.05) is 29.2 Å². The van der Waals surface area contributed by atoms with Crippen LogP contribution >= 0.6 is 0 Å². The number of hydrogen-bond donors (Lipinski definition) is 2. The Bertz CT molecular complexity index is 571. The highest BCUT2D eigenvalue weighted by atomic mass is 16.1. The average Bonchev–Trinajstić information content (AvgIpc) is 3.07. The Morgan fingerprint density at radius 1 is 1.43 bits per heavy atom. The van der Waals surface area contributed by atoms with Crippen LogP contribution in [0.3, 0.4) is 0 Å². The van der Waals surface area contributed by atoms with Crippen molar-refractivity contribution < 1.29 is 4.79 Å². The van der Waals surface area contributed by atoms with Crippen LogP contribution in [-0.2, 0) is 6.54 Å². The fraction of sp³-hybridized carbons (Fsp3) is 0.467. The lowest BCUT2D eigenvalue weighted by Crippen LogP contribution is -2.27. The molecular weight excluding hydrogens is 266 g/mol. The van der Waals surface area contributed by atoms with E-state index in [1.54, 1.807) is 24.8 Å². The summed E-state index contributed by atoms with van der Waals surface area (Å²) >= 11 is 0. The molecule has 0 radical (unpaired) electrons. The van der Waals surface area contributed by atoms with E-state index in [0.717, 1.165) is 19.4 Å². The van der Waals surface area contributed by atoms with Crippen molar-refractivity contribution >= 4 is 11.6 Å². The van der Waals surface area contributed by atoms with E-state index < -0.39 is 0 Å². The molecule has 1 amide bonds. The summed E-state index contributed by atoms with van der Waals surface area (Å²) in [5.74, 6) is -0.0666. The molecule has 6 nitrogen and oxygen atoms in total. The third-order valence-electron chi connectivity index (χ3n) is 3.35. The van der Waals surface area contributed by atoms with Gasteiger partial charge in [-0.15, -0.1) is 0 Å². The zero-order valence-electron chi connectivity index (χ0n) is 12.6. The monoisotopic (exact) mass is 289 g/mol. The Morgan fingerprint density at radius 2 is 2.24 bits per heavy atom. The molecule has 0 atom stereocenters. The van der Waals surface area contributed by atoms with Gasteiger partial charge in [0.25, 0.3) is 5.91 Å². The Morgan fingerprint density at radius 3 is 2.90 bits per heavy atom. The van der Waals surface area contributed by atoms with Gasteiger partial charge in [-0.1, -0.05) is 0 Å². The van der Waals surface area contributed by atoms with Crippen molar-refractivity contribution in [3.8, 4) is 0 Å². The second kappa shape index (κ2) is 6.97. The van der Waals surface area contributed by atoms with Crippen LogP contribution < -0.4 is 11.1 Å². The molecule has 114 valence electrons. The molecule has 0 aliphatic heterocycles. The summed E-state index contributed by atoms with van der Waals surface area (Å²) in [6.07, 6.45) is 9.25. The molecular formula is C15H23N5O. The average molecular weight is 289 g/mol. The van der Waals surface area contributed by atoms with Crippen LogP contribution in [0.5, 0.6) is 0 Å². The van der Waals surface area contributed by atoms with E-state index >= 15 is 0 Å². The van der Waals surface area contributed by atoms with E-state index in [0.29, 0.717) is 17.9 Å². The minimum absolute atomic E-state index is 0.0666. The Kier molecular flexibility index (Phi) is 5.03. The lowest BCUT2D eigenvalue weighted by atomic mass is 10.3. The van der Waals surface area contributed by atoms with Crippen molar-refractivity contribution in [3.63, 3.8) is 0 Å². The number of hydrogen-bond acceptors (Lipinski definition) is 3. The smallest absolute Gasteiger partial charge is 0.267 e. The summed E-state index contributed by atoms with van der Waals surface area (Å²) in [6, 6.07) is 1.94. The van der Waals surface area contributed by atoms with Crippen LogP contribution in [0.1, 0.15) is 43.2 Å². The summed E-state index contributed by atoms with van der Waals surface area (Å²) in [7, 11) is 0. The number of nitrogens with two attached hydrogens (primary N) is 1. The maximum atomic E-state index is 12.2. The highest BCUT2D eigenvalue weighted by Gasteiger charge is 2.14. The number of nitrogen functional groups attached to an aromatic ring is 1. The zero-order valence-corrected chi connectivity index (χ0v) is 12.6. The van der Waals surface area contributed by atoms with Crippen molar-refractivity contribution in [1.29, 1.82) is 0 Å². The van der Waals surface area contributed by atoms with E-state index in [4.69, 9.17) is 5.73 Å². The molecule has 0 bridgehead atoms. The Hall–Kier alpha value is -2.24. The zero-order chi connectivity index (χ0) is 15.2. The van der Waals surface area contributed by atoms with Crippen LogP contribution in [0.15, 0.2) is 31.0 Å². The van der Waals surface area contributed by atoms with Gasteiger partial charge in [0, 0.05) is 37.7 Å². The highest BCUT2D eigenvalue weighted by molar-refractivity contribution is 5.93. The van der Waals surface area contributed by atoms with Crippen molar-refractivity contribution in [3.05, 3.63) is 36.7 Å². The summed E-state index contributed by atoms with van der Waals surface area (Å²) in [4.78, 5) is 16.2. The second-order valence-electron chi connectivity index (χ2n) is 5.42. The number of imidazole rings is 1. The molecule has 6 heteroatoms. The summed E-state index contributed by atoms with van der Waals surface area (Å²) < 4.78 is 3.93. The van der Waals surface area contributed by atoms with E-state index in [9.17, 15) is 4.79 Å². The summed E-state index contributed by atoms with van der Waals surface area (Å²) in [6.45, 7) is 5.64. The predicted molar refractivity (Wildman–Crippen MR) is 83.0 cm³/mol. The molecule has 0 saturated heterocycles. The number of unbranched alkanes of at least 4 members (excludes halogenated alkanes) is 1. The van der Waals surface area contributed by atoms with E-state index in [2.05, 4.69) is 10.3 Å². The maximum absolute atomic E-state index is 12.2. The molecule has 2 rings (SSSR count). The van der Waals surface area contributed by atoms with Crippen LogP contribution in [0, 0.1) is 0 Å². The first-order valence-electron chi connectivity index (χ1n) is 7.29. The van der Waals surface area contributed by atoms with Gasteiger partial charge >= 0.3 is 0 Å². The predicted octanol–water partition coefficient (Wildman–Crippen LogP) is 2.06. The van der Waals surface area contributed by atoms with Gasteiger partial charge in [-0.2, -0.15) is 0 Å². The topological polar surface area (TPSA) is 77.9 Å². The number of nitrogens with zero attached hydrogens (tertiary/aromatic N) is 3. The molecule has 2 aromatic rings. The highest BCUT2D eigenvalue weighted by Crippen LogP contribution is 2.16. The fourth-order valence-electron chi connectivity index (χ4n) is 2.24. The van der Waals surface area contributed by atoms with Crippen LogP contribution in [0.25, 0.3) is 0 Å².